The van der Waals surface area contributed by atoms with Crippen LogP contribution in [0.2, 0.25) is 5.02 Å². The van der Waals surface area contributed by atoms with Crippen molar-refractivity contribution in [1.29, 1.82) is 0 Å². The number of aromatic carboxylic acids is 1. The van der Waals surface area contributed by atoms with Gasteiger partial charge in [0, 0.05) is 34.2 Å². The maximum Gasteiger partial charge on any atom is 0.335 e. The van der Waals surface area contributed by atoms with Gasteiger partial charge in [-0.25, -0.2) is 14.5 Å². The molecular weight excluding hydrogens is 482 g/mol. The highest BCUT2D eigenvalue weighted by molar-refractivity contribution is 6.39. The number of halogens is 1. The zero-order chi connectivity index (χ0) is 25.4. The fourth-order valence-electron chi connectivity index (χ4n) is 4.16. The number of nitrogens with zero attached hydrogens (tertiary/aromatic N) is 2. The fraction of sp³-hybridized carbons (Fsp3) is 0.0370. The number of carboxylic acid groups (broad SMARTS) is 1. The van der Waals surface area contributed by atoms with Gasteiger partial charge in [-0.05, 0) is 54.1 Å². The van der Waals surface area contributed by atoms with Crippen LogP contribution < -0.4 is 10.2 Å². The van der Waals surface area contributed by atoms with Gasteiger partial charge in [0.05, 0.1) is 11.3 Å². The van der Waals surface area contributed by atoms with Gasteiger partial charge in [0.15, 0.2) is 0 Å². The first-order valence-corrected chi connectivity index (χ1v) is 11.3. The van der Waals surface area contributed by atoms with Crippen molar-refractivity contribution in [2.24, 2.45) is 0 Å². The molecule has 1 fully saturated rings. The number of para-hydroxylation sites is 1. The Bertz CT molecular complexity index is 1590. The third kappa shape index (κ3) is 4.25. The number of aromatic nitrogens is 1. The number of benzene rings is 3. The fourth-order valence-corrected chi connectivity index (χ4v) is 4.28. The number of barbiturate groups is 1. The van der Waals surface area contributed by atoms with Gasteiger partial charge in [0.25, 0.3) is 11.8 Å². The van der Waals surface area contributed by atoms with Gasteiger partial charge in [0.2, 0.25) is 0 Å². The van der Waals surface area contributed by atoms with Gasteiger partial charge in [-0.1, -0.05) is 41.9 Å². The van der Waals surface area contributed by atoms with E-state index in [1.54, 1.807) is 30.5 Å². The van der Waals surface area contributed by atoms with Crippen molar-refractivity contribution >= 4 is 58.1 Å². The van der Waals surface area contributed by atoms with E-state index in [0.29, 0.717) is 17.1 Å². The molecule has 4 aromatic rings. The molecular formula is C27H18ClN3O5. The Morgan fingerprint density at radius 3 is 2.47 bits per heavy atom. The second kappa shape index (κ2) is 9.16. The number of carboxylic acids is 1. The van der Waals surface area contributed by atoms with Crippen molar-refractivity contribution in [3.63, 3.8) is 0 Å². The van der Waals surface area contributed by atoms with E-state index >= 15 is 0 Å². The highest BCUT2D eigenvalue weighted by Crippen LogP contribution is 2.28. The van der Waals surface area contributed by atoms with Gasteiger partial charge < -0.3 is 9.67 Å². The van der Waals surface area contributed by atoms with E-state index in [9.17, 15) is 24.3 Å². The van der Waals surface area contributed by atoms with Crippen LogP contribution in [0.5, 0.6) is 0 Å². The zero-order valence-electron chi connectivity index (χ0n) is 18.6. The lowest BCUT2D eigenvalue weighted by Crippen LogP contribution is -2.54. The number of carbonyl (C=O) groups excluding carboxylic acids is 3. The predicted molar refractivity (Wildman–Crippen MR) is 135 cm³/mol. The average Bonchev–Trinajstić information content (AvgIpc) is 3.20. The van der Waals surface area contributed by atoms with Crippen LogP contribution in [0.1, 0.15) is 21.5 Å². The summed E-state index contributed by atoms with van der Waals surface area (Å²) in [6.45, 7) is 0.375. The number of amides is 4. The van der Waals surface area contributed by atoms with Crippen molar-refractivity contribution in [2.45, 2.75) is 6.54 Å². The first-order chi connectivity index (χ1) is 17.3. The van der Waals surface area contributed by atoms with Crippen molar-refractivity contribution in [1.82, 2.24) is 9.88 Å². The van der Waals surface area contributed by atoms with Crippen molar-refractivity contribution < 1.29 is 24.3 Å². The number of carbonyl (C=O) groups is 4. The molecule has 0 atom stereocenters. The maximum absolute atomic E-state index is 13.3. The van der Waals surface area contributed by atoms with Crippen LogP contribution in [0.4, 0.5) is 10.5 Å². The second-order valence-corrected chi connectivity index (χ2v) is 8.61. The van der Waals surface area contributed by atoms with E-state index in [1.165, 1.54) is 24.3 Å². The molecule has 3 aromatic carbocycles. The minimum absolute atomic E-state index is 0.183. The van der Waals surface area contributed by atoms with Crippen LogP contribution in [-0.4, -0.2) is 33.5 Å². The molecule has 2 N–H and O–H groups in total. The average molecular weight is 500 g/mol. The van der Waals surface area contributed by atoms with E-state index in [4.69, 9.17) is 11.6 Å². The van der Waals surface area contributed by atoms with Crippen LogP contribution >= 0.6 is 11.6 Å². The van der Waals surface area contributed by atoms with Crippen molar-refractivity contribution in [3.8, 4) is 0 Å². The molecule has 5 rings (SSSR count). The molecule has 1 saturated heterocycles. The lowest BCUT2D eigenvalue weighted by atomic mass is 10.1. The summed E-state index contributed by atoms with van der Waals surface area (Å²) in [5.41, 5.74) is 2.48. The Balaban J connectivity index is 1.55. The van der Waals surface area contributed by atoms with Gasteiger partial charge in [-0.15, -0.1) is 0 Å². The number of fused-ring (bicyclic) bond motifs is 1. The van der Waals surface area contributed by atoms with Gasteiger partial charge in [-0.3, -0.25) is 14.9 Å². The first kappa shape index (κ1) is 23.1. The Morgan fingerprint density at radius 2 is 1.72 bits per heavy atom. The highest BCUT2D eigenvalue weighted by atomic mass is 35.5. The minimum Gasteiger partial charge on any atom is -0.478 e. The molecule has 2 heterocycles. The van der Waals surface area contributed by atoms with Gasteiger partial charge in [0.1, 0.15) is 5.57 Å². The number of nitrogens with one attached hydrogen (secondary N) is 1. The maximum atomic E-state index is 13.3. The second-order valence-electron chi connectivity index (χ2n) is 8.17. The highest BCUT2D eigenvalue weighted by Gasteiger charge is 2.37. The summed E-state index contributed by atoms with van der Waals surface area (Å²) in [6.07, 6.45) is 3.24. The number of imide groups is 2. The summed E-state index contributed by atoms with van der Waals surface area (Å²) < 4.78 is 1.91. The van der Waals surface area contributed by atoms with E-state index in [1.807, 2.05) is 34.9 Å². The number of hydrogen-bond donors (Lipinski definition) is 2. The van der Waals surface area contributed by atoms with Gasteiger partial charge >= 0.3 is 12.0 Å². The molecule has 0 radical (unpaired) electrons. The molecule has 0 saturated carbocycles. The largest absolute Gasteiger partial charge is 0.478 e. The SMILES string of the molecule is O=C1NC(=O)N(c2ccc(Cl)cc2)C(=O)/C1=C/c1cn(Cc2cccc(C(=O)O)c2)c2ccccc12. The number of anilines is 1. The summed E-state index contributed by atoms with van der Waals surface area (Å²) in [5.74, 6) is -2.56. The first-order valence-electron chi connectivity index (χ1n) is 10.9. The summed E-state index contributed by atoms with van der Waals surface area (Å²) in [5, 5.41) is 12.7. The quantitative estimate of drug-likeness (QED) is 0.305. The van der Waals surface area contributed by atoms with Crippen molar-refractivity contribution in [3.05, 3.63) is 106 Å². The summed E-state index contributed by atoms with van der Waals surface area (Å²) in [7, 11) is 0. The molecule has 1 aliphatic heterocycles. The Morgan fingerprint density at radius 1 is 0.972 bits per heavy atom. The predicted octanol–water partition coefficient (Wildman–Crippen LogP) is 4.71. The van der Waals surface area contributed by atoms with Gasteiger partial charge in [-0.2, -0.15) is 0 Å². The molecule has 178 valence electrons. The molecule has 8 nitrogen and oxygen atoms in total. The lowest BCUT2D eigenvalue weighted by Gasteiger charge is -2.26. The van der Waals surface area contributed by atoms with E-state index in [-0.39, 0.29) is 16.8 Å². The molecule has 1 aliphatic rings. The summed E-state index contributed by atoms with van der Waals surface area (Å²) >= 11 is 5.92. The van der Waals surface area contributed by atoms with Crippen LogP contribution in [0.25, 0.3) is 17.0 Å². The molecule has 36 heavy (non-hydrogen) atoms. The smallest absolute Gasteiger partial charge is 0.335 e. The third-order valence-electron chi connectivity index (χ3n) is 5.83. The van der Waals surface area contributed by atoms with Crippen LogP contribution in [-0.2, 0) is 16.1 Å². The van der Waals surface area contributed by atoms with Crippen LogP contribution in [0.3, 0.4) is 0 Å². The molecule has 1 aromatic heterocycles. The van der Waals surface area contributed by atoms with Crippen molar-refractivity contribution in [2.75, 3.05) is 4.90 Å². The topological polar surface area (TPSA) is 109 Å². The minimum atomic E-state index is -1.01. The standard InChI is InChI=1S/C27H18ClN3O5/c28-19-8-10-20(11-9-19)31-25(33)22(24(32)29-27(31)36)13-18-15-30(23-7-2-1-6-21(18)23)14-16-4-3-5-17(12-16)26(34)35/h1-13,15H,14H2,(H,34,35)(H,29,32,36)/b22-13+. The van der Waals surface area contributed by atoms with Crippen LogP contribution in [0, 0.1) is 0 Å². The molecule has 0 aliphatic carbocycles. The Labute approximate surface area is 210 Å². The number of urea groups is 1. The molecule has 0 bridgehead atoms. The summed E-state index contributed by atoms with van der Waals surface area (Å²) in [6, 6.07) is 19.4. The lowest BCUT2D eigenvalue weighted by molar-refractivity contribution is -0.122. The van der Waals surface area contributed by atoms with E-state index in [2.05, 4.69) is 5.32 Å². The number of rotatable bonds is 5. The third-order valence-corrected chi connectivity index (χ3v) is 6.08. The Hall–Kier alpha value is -4.69. The number of hydrogen-bond acceptors (Lipinski definition) is 4. The zero-order valence-corrected chi connectivity index (χ0v) is 19.4. The molecule has 0 spiro atoms. The van der Waals surface area contributed by atoms with E-state index < -0.39 is 23.8 Å². The van der Waals surface area contributed by atoms with Crippen LogP contribution in [0.15, 0.2) is 84.6 Å². The molecule has 0 unspecified atom stereocenters. The summed E-state index contributed by atoms with van der Waals surface area (Å²) in [4.78, 5) is 50.6. The normalized spacial score (nSPS) is 15.0. The van der Waals surface area contributed by atoms with E-state index in [0.717, 1.165) is 21.4 Å². The Kier molecular flexibility index (Phi) is 5.87. The molecule has 4 amide bonds. The molecule has 9 heteroatoms. The monoisotopic (exact) mass is 499 g/mol.